The molecule has 0 aliphatic heterocycles. The minimum Gasteiger partial charge on any atom is -0.490 e. The Hall–Kier alpha value is -4.22. The van der Waals surface area contributed by atoms with E-state index in [9.17, 15) is 41.0 Å². The molecule has 3 aromatic carbocycles. The van der Waals surface area contributed by atoms with Crippen molar-refractivity contribution >= 4 is 39.2 Å². The van der Waals surface area contributed by atoms with Crippen LogP contribution in [0.3, 0.4) is 0 Å². The highest BCUT2D eigenvalue weighted by Gasteiger charge is 2.42. The second-order valence-corrected chi connectivity index (χ2v) is 9.73. The standard InChI is InChI=1S/C28H22F6N2O4/c29-27(30,31)16-3-6-18(7-4-16)40-23-10-2-14-11-15(1-8-19(14)24(23)28(32,33)34)25(37)36-17-5-9-20-21(26(38)39)13-35-22(20)12-17/h1-2,5,8-13,16,18,35H,3-4,6-7H2,(H,36,37)(H,38,39)/t16-,18+. The fourth-order valence-corrected chi connectivity index (χ4v) is 5.11. The van der Waals surface area contributed by atoms with Crippen molar-refractivity contribution in [3.63, 3.8) is 0 Å². The van der Waals surface area contributed by atoms with Crippen molar-refractivity contribution in [3.05, 3.63) is 71.4 Å². The van der Waals surface area contributed by atoms with E-state index < -0.39 is 47.6 Å². The van der Waals surface area contributed by atoms with Crippen LogP contribution in [0.4, 0.5) is 32.0 Å². The van der Waals surface area contributed by atoms with E-state index in [0.717, 1.165) is 12.1 Å². The molecule has 1 saturated carbocycles. The number of aromatic carboxylic acids is 1. The lowest BCUT2D eigenvalue weighted by molar-refractivity contribution is -0.185. The third-order valence-electron chi connectivity index (χ3n) is 7.13. The summed E-state index contributed by atoms with van der Waals surface area (Å²) in [7, 11) is 0. The van der Waals surface area contributed by atoms with Gasteiger partial charge in [0.15, 0.2) is 0 Å². The number of fused-ring (bicyclic) bond motifs is 2. The maximum atomic E-state index is 14.1. The zero-order valence-corrected chi connectivity index (χ0v) is 20.6. The molecule has 0 atom stereocenters. The predicted molar refractivity (Wildman–Crippen MR) is 135 cm³/mol. The summed E-state index contributed by atoms with van der Waals surface area (Å²) in [5.74, 6) is -3.66. The topological polar surface area (TPSA) is 91.4 Å². The highest BCUT2D eigenvalue weighted by atomic mass is 19.4. The average Bonchev–Trinajstić information content (AvgIpc) is 3.31. The smallest absolute Gasteiger partial charge is 0.420 e. The van der Waals surface area contributed by atoms with Crippen molar-refractivity contribution in [3.8, 4) is 5.75 Å². The first-order chi connectivity index (χ1) is 18.8. The highest BCUT2D eigenvalue weighted by molar-refractivity contribution is 6.08. The molecule has 1 amide bonds. The number of anilines is 1. The van der Waals surface area contributed by atoms with Crippen molar-refractivity contribution in [2.45, 2.75) is 44.1 Å². The minimum absolute atomic E-state index is 0.00941. The average molecular weight is 564 g/mol. The Labute approximate surface area is 222 Å². The molecule has 1 aromatic heterocycles. The van der Waals surface area contributed by atoms with Crippen LogP contribution in [0.1, 0.15) is 52.0 Å². The first kappa shape index (κ1) is 27.4. The lowest BCUT2D eigenvalue weighted by Crippen LogP contribution is -2.32. The van der Waals surface area contributed by atoms with Crippen LogP contribution in [0.15, 0.2) is 54.7 Å². The number of halogens is 6. The molecule has 12 heteroatoms. The van der Waals surface area contributed by atoms with E-state index in [1.165, 1.54) is 42.6 Å². The number of aromatic amines is 1. The van der Waals surface area contributed by atoms with Crippen molar-refractivity contribution < 1.29 is 45.8 Å². The Morgan fingerprint density at radius 3 is 2.25 bits per heavy atom. The molecule has 0 radical (unpaired) electrons. The molecule has 0 bridgehead atoms. The molecule has 1 fully saturated rings. The Bertz CT molecular complexity index is 1600. The first-order valence-corrected chi connectivity index (χ1v) is 12.3. The number of carbonyl (C=O) groups is 2. The minimum atomic E-state index is -4.82. The molecule has 1 heterocycles. The zero-order chi connectivity index (χ0) is 28.8. The van der Waals surface area contributed by atoms with E-state index in [4.69, 9.17) is 4.74 Å². The van der Waals surface area contributed by atoms with Crippen molar-refractivity contribution in [2.75, 3.05) is 5.32 Å². The van der Waals surface area contributed by atoms with Gasteiger partial charge in [-0.1, -0.05) is 12.1 Å². The summed E-state index contributed by atoms with van der Waals surface area (Å²) >= 11 is 0. The molecule has 40 heavy (non-hydrogen) atoms. The first-order valence-electron chi connectivity index (χ1n) is 12.3. The SMILES string of the molecule is O=C(Nc1ccc2c(C(=O)O)c[nH]c2c1)c1ccc2c(C(F)(F)F)c(O[C@H]3CC[C@@H](C(F)(F)F)CC3)ccc2c1. The van der Waals surface area contributed by atoms with Gasteiger partial charge < -0.3 is 20.1 Å². The molecule has 210 valence electrons. The summed E-state index contributed by atoms with van der Waals surface area (Å²) in [4.78, 5) is 27.0. The number of hydrogen-bond donors (Lipinski definition) is 3. The maximum absolute atomic E-state index is 14.1. The maximum Gasteiger partial charge on any atom is 0.420 e. The Kier molecular flexibility index (Phi) is 6.89. The van der Waals surface area contributed by atoms with E-state index in [0.29, 0.717) is 16.6 Å². The molecule has 4 aromatic rings. The quantitative estimate of drug-likeness (QED) is 0.216. The van der Waals surface area contributed by atoms with Crippen molar-refractivity contribution in [2.24, 2.45) is 5.92 Å². The number of benzene rings is 3. The monoisotopic (exact) mass is 564 g/mol. The second kappa shape index (κ2) is 10.1. The zero-order valence-electron chi connectivity index (χ0n) is 20.6. The van der Waals surface area contributed by atoms with Gasteiger partial charge >= 0.3 is 18.3 Å². The molecule has 3 N–H and O–H groups in total. The van der Waals surface area contributed by atoms with Gasteiger partial charge in [-0.25, -0.2) is 4.79 Å². The van der Waals surface area contributed by atoms with Gasteiger partial charge in [-0.2, -0.15) is 26.3 Å². The van der Waals surface area contributed by atoms with E-state index in [1.807, 2.05) is 0 Å². The Balaban J connectivity index is 1.38. The third kappa shape index (κ3) is 5.43. The fourth-order valence-electron chi connectivity index (χ4n) is 5.11. The number of carbonyl (C=O) groups excluding carboxylic acids is 1. The summed E-state index contributed by atoms with van der Waals surface area (Å²) in [6, 6.07) is 10.8. The molecular weight excluding hydrogens is 542 g/mol. The molecule has 5 rings (SSSR count). The Morgan fingerprint density at radius 2 is 1.60 bits per heavy atom. The van der Waals surface area contributed by atoms with Crippen LogP contribution in [0.5, 0.6) is 5.75 Å². The molecule has 1 aliphatic carbocycles. The predicted octanol–water partition coefficient (Wildman–Crippen LogP) is 7.79. The van der Waals surface area contributed by atoms with Crippen LogP contribution in [-0.2, 0) is 6.18 Å². The van der Waals surface area contributed by atoms with Gasteiger partial charge in [-0.05, 0) is 72.9 Å². The normalized spacial score (nSPS) is 18.1. The van der Waals surface area contributed by atoms with E-state index >= 15 is 0 Å². The van der Waals surface area contributed by atoms with Crippen LogP contribution < -0.4 is 10.1 Å². The Morgan fingerprint density at radius 1 is 0.900 bits per heavy atom. The molecule has 1 aliphatic rings. The molecule has 0 saturated heterocycles. The highest BCUT2D eigenvalue weighted by Crippen LogP contribution is 2.44. The second-order valence-electron chi connectivity index (χ2n) is 9.73. The summed E-state index contributed by atoms with van der Waals surface area (Å²) in [5, 5.41) is 12.2. The van der Waals surface area contributed by atoms with Gasteiger partial charge in [-0.3, -0.25) is 4.79 Å². The number of carboxylic acid groups (broad SMARTS) is 1. The largest absolute Gasteiger partial charge is 0.490 e. The van der Waals surface area contributed by atoms with Crippen LogP contribution >= 0.6 is 0 Å². The number of H-pyrrole nitrogens is 1. The number of amides is 1. The van der Waals surface area contributed by atoms with Crippen LogP contribution in [0.25, 0.3) is 21.7 Å². The lowest BCUT2D eigenvalue weighted by atomic mass is 9.87. The number of carboxylic acids is 1. The number of alkyl halides is 6. The van der Waals surface area contributed by atoms with Crippen molar-refractivity contribution in [1.29, 1.82) is 0 Å². The molecule has 0 spiro atoms. The van der Waals surface area contributed by atoms with E-state index in [1.54, 1.807) is 0 Å². The van der Waals surface area contributed by atoms with E-state index in [2.05, 4.69) is 10.3 Å². The number of aromatic nitrogens is 1. The van der Waals surface area contributed by atoms with Crippen LogP contribution in [-0.4, -0.2) is 34.2 Å². The lowest BCUT2D eigenvalue weighted by Gasteiger charge is -2.31. The number of ether oxygens (including phenoxy) is 1. The van der Waals surface area contributed by atoms with Gasteiger partial charge in [0.1, 0.15) is 11.3 Å². The molecule has 6 nitrogen and oxygen atoms in total. The van der Waals surface area contributed by atoms with Gasteiger partial charge in [-0.15, -0.1) is 0 Å². The number of rotatable bonds is 5. The van der Waals surface area contributed by atoms with Gasteiger partial charge in [0, 0.05) is 28.4 Å². The van der Waals surface area contributed by atoms with Crippen LogP contribution in [0, 0.1) is 5.92 Å². The van der Waals surface area contributed by atoms with Gasteiger partial charge in [0.2, 0.25) is 0 Å². The summed E-state index contributed by atoms with van der Waals surface area (Å²) in [6.45, 7) is 0. The number of hydrogen-bond acceptors (Lipinski definition) is 3. The van der Waals surface area contributed by atoms with Crippen LogP contribution in [0.2, 0.25) is 0 Å². The van der Waals surface area contributed by atoms with E-state index in [-0.39, 0.29) is 47.6 Å². The fraction of sp³-hybridized carbons (Fsp3) is 0.286. The molecular formula is C28H22F6N2O4. The third-order valence-corrected chi connectivity index (χ3v) is 7.13. The van der Waals surface area contributed by atoms with Gasteiger partial charge in [0.05, 0.1) is 17.6 Å². The molecule has 0 unspecified atom stereocenters. The summed E-state index contributed by atoms with van der Waals surface area (Å²) in [5.41, 5.74) is -0.0848. The number of nitrogens with one attached hydrogen (secondary N) is 2. The summed E-state index contributed by atoms with van der Waals surface area (Å²) in [6.07, 6.45) is -9.04. The van der Waals surface area contributed by atoms with Crippen molar-refractivity contribution in [1.82, 2.24) is 4.98 Å². The van der Waals surface area contributed by atoms with Gasteiger partial charge in [0.25, 0.3) is 5.91 Å². The summed E-state index contributed by atoms with van der Waals surface area (Å²) < 4.78 is 86.8.